The van der Waals surface area contributed by atoms with Gasteiger partial charge in [-0.3, -0.25) is 4.79 Å². The minimum Gasteiger partial charge on any atom is -0.508 e. The zero-order chi connectivity index (χ0) is 14.5. The Hall–Kier alpha value is -2.76. The molecule has 0 aliphatic heterocycles. The fourth-order valence-electron chi connectivity index (χ4n) is 1.44. The van der Waals surface area contributed by atoms with E-state index in [1.165, 1.54) is 30.3 Å². The number of nitrogens with zero attached hydrogens (tertiary/aromatic N) is 1. The first-order chi connectivity index (χ1) is 9.56. The van der Waals surface area contributed by atoms with Crippen LogP contribution in [0, 0.1) is 11.6 Å². The molecule has 2 rings (SSSR count). The van der Waals surface area contributed by atoms with Crippen LogP contribution in [0.4, 0.5) is 8.78 Å². The molecule has 4 nitrogen and oxygen atoms in total. The monoisotopic (exact) mass is 276 g/mol. The molecule has 0 saturated carbocycles. The molecule has 0 aromatic heterocycles. The topological polar surface area (TPSA) is 61.7 Å². The van der Waals surface area contributed by atoms with Crippen LogP contribution in [0.25, 0.3) is 0 Å². The molecular formula is C14H10F2N2O2. The van der Waals surface area contributed by atoms with Crippen molar-refractivity contribution in [3.63, 3.8) is 0 Å². The first-order valence-corrected chi connectivity index (χ1v) is 5.64. The number of hydrazone groups is 1. The summed E-state index contributed by atoms with van der Waals surface area (Å²) >= 11 is 0. The van der Waals surface area contributed by atoms with Crippen LogP contribution in [0.3, 0.4) is 0 Å². The molecule has 2 aromatic carbocycles. The van der Waals surface area contributed by atoms with E-state index >= 15 is 0 Å². The van der Waals surface area contributed by atoms with Crippen molar-refractivity contribution in [2.45, 2.75) is 0 Å². The van der Waals surface area contributed by atoms with Crippen molar-refractivity contribution >= 4 is 12.1 Å². The molecule has 0 heterocycles. The highest BCUT2D eigenvalue weighted by atomic mass is 19.1. The maximum Gasteiger partial charge on any atom is 0.271 e. The SMILES string of the molecule is O=C(NN=Cc1ccc(F)cc1F)c1ccc(O)cc1. The van der Waals surface area contributed by atoms with Gasteiger partial charge < -0.3 is 5.11 Å². The van der Waals surface area contributed by atoms with Crippen molar-refractivity contribution in [3.8, 4) is 5.75 Å². The van der Waals surface area contributed by atoms with E-state index in [2.05, 4.69) is 10.5 Å². The van der Waals surface area contributed by atoms with Crippen molar-refractivity contribution < 1.29 is 18.7 Å². The first-order valence-electron chi connectivity index (χ1n) is 5.64. The quantitative estimate of drug-likeness (QED) is 0.668. The standard InChI is InChI=1S/C14H10F2N2O2/c15-11-4-1-10(13(16)7-11)8-17-18-14(20)9-2-5-12(19)6-3-9/h1-8,19H,(H,18,20). The van der Waals surface area contributed by atoms with Gasteiger partial charge in [0.25, 0.3) is 5.91 Å². The average Bonchev–Trinajstić information content (AvgIpc) is 2.42. The number of aromatic hydroxyl groups is 1. The second-order valence-electron chi connectivity index (χ2n) is 3.91. The number of benzene rings is 2. The highest BCUT2D eigenvalue weighted by Gasteiger charge is 2.04. The zero-order valence-corrected chi connectivity index (χ0v) is 10.2. The number of amides is 1. The Labute approximate surface area is 113 Å². The van der Waals surface area contributed by atoms with E-state index in [1.54, 1.807) is 0 Å². The molecule has 0 unspecified atom stereocenters. The van der Waals surface area contributed by atoms with Crippen molar-refractivity contribution in [1.82, 2.24) is 5.43 Å². The maximum absolute atomic E-state index is 13.3. The number of phenolic OH excluding ortho intramolecular Hbond substituents is 1. The van der Waals surface area contributed by atoms with Crippen molar-refractivity contribution in [1.29, 1.82) is 0 Å². The summed E-state index contributed by atoms with van der Waals surface area (Å²) in [7, 11) is 0. The van der Waals surface area contributed by atoms with Crippen molar-refractivity contribution in [2.24, 2.45) is 5.10 Å². The Morgan fingerprint density at radius 2 is 1.85 bits per heavy atom. The van der Waals surface area contributed by atoms with Crippen LogP contribution in [0.2, 0.25) is 0 Å². The van der Waals surface area contributed by atoms with Gasteiger partial charge in [0.1, 0.15) is 17.4 Å². The van der Waals surface area contributed by atoms with Crippen LogP contribution in [0.15, 0.2) is 47.6 Å². The van der Waals surface area contributed by atoms with Crippen molar-refractivity contribution in [2.75, 3.05) is 0 Å². The lowest BCUT2D eigenvalue weighted by molar-refractivity contribution is 0.0955. The van der Waals surface area contributed by atoms with Gasteiger partial charge in [-0.15, -0.1) is 0 Å². The zero-order valence-electron chi connectivity index (χ0n) is 10.2. The smallest absolute Gasteiger partial charge is 0.271 e. The third-order valence-corrected chi connectivity index (χ3v) is 2.46. The maximum atomic E-state index is 13.3. The van der Waals surface area contributed by atoms with E-state index in [1.807, 2.05) is 0 Å². The van der Waals surface area contributed by atoms with E-state index in [0.29, 0.717) is 5.56 Å². The fraction of sp³-hybridized carbons (Fsp3) is 0. The summed E-state index contributed by atoms with van der Waals surface area (Å²) < 4.78 is 25.9. The van der Waals surface area contributed by atoms with E-state index in [9.17, 15) is 13.6 Å². The predicted molar refractivity (Wildman–Crippen MR) is 69.5 cm³/mol. The third kappa shape index (κ3) is 3.38. The Morgan fingerprint density at radius 1 is 1.15 bits per heavy atom. The van der Waals surface area contributed by atoms with Gasteiger partial charge in [-0.2, -0.15) is 5.10 Å². The first kappa shape index (κ1) is 13.7. The highest BCUT2D eigenvalue weighted by molar-refractivity contribution is 5.94. The van der Waals surface area contributed by atoms with Crippen LogP contribution < -0.4 is 5.43 Å². The second-order valence-corrected chi connectivity index (χ2v) is 3.91. The van der Waals surface area contributed by atoms with Gasteiger partial charge in [0.05, 0.1) is 6.21 Å². The highest BCUT2D eigenvalue weighted by Crippen LogP contribution is 2.09. The summed E-state index contributed by atoms with van der Waals surface area (Å²) in [6.07, 6.45) is 1.08. The summed E-state index contributed by atoms with van der Waals surface area (Å²) in [4.78, 5) is 11.6. The average molecular weight is 276 g/mol. The lowest BCUT2D eigenvalue weighted by atomic mass is 10.2. The van der Waals surface area contributed by atoms with Crippen LogP contribution in [-0.4, -0.2) is 17.2 Å². The number of carbonyl (C=O) groups excluding carboxylic acids is 1. The van der Waals surface area contributed by atoms with Gasteiger partial charge in [-0.05, 0) is 36.4 Å². The number of rotatable bonds is 3. The molecule has 102 valence electrons. The van der Waals surface area contributed by atoms with Gasteiger partial charge in [0.15, 0.2) is 0 Å². The molecule has 0 aliphatic rings. The molecule has 0 spiro atoms. The molecule has 0 bridgehead atoms. The number of nitrogens with one attached hydrogen (secondary N) is 1. The molecule has 2 aromatic rings. The van der Waals surface area contributed by atoms with Crippen LogP contribution in [0.5, 0.6) is 5.75 Å². The second kappa shape index (κ2) is 5.92. The van der Waals surface area contributed by atoms with Gasteiger partial charge in [0.2, 0.25) is 0 Å². The lowest BCUT2D eigenvalue weighted by Crippen LogP contribution is -2.17. The van der Waals surface area contributed by atoms with Crippen LogP contribution >= 0.6 is 0 Å². The van der Waals surface area contributed by atoms with E-state index in [4.69, 9.17) is 5.11 Å². The molecule has 20 heavy (non-hydrogen) atoms. The summed E-state index contributed by atoms with van der Waals surface area (Å²) in [6.45, 7) is 0. The molecule has 0 saturated heterocycles. The van der Waals surface area contributed by atoms with Gasteiger partial charge in [-0.25, -0.2) is 14.2 Å². The Morgan fingerprint density at radius 3 is 2.50 bits per heavy atom. The molecule has 0 aliphatic carbocycles. The molecule has 0 fully saturated rings. The lowest BCUT2D eigenvalue weighted by Gasteiger charge is -2.00. The summed E-state index contributed by atoms with van der Waals surface area (Å²) in [5.41, 5.74) is 2.54. The number of carbonyl (C=O) groups is 1. The third-order valence-electron chi connectivity index (χ3n) is 2.46. The van der Waals surface area contributed by atoms with Gasteiger partial charge in [-0.1, -0.05) is 0 Å². The van der Waals surface area contributed by atoms with E-state index in [0.717, 1.165) is 18.3 Å². The van der Waals surface area contributed by atoms with Crippen LogP contribution in [-0.2, 0) is 0 Å². The number of hydrogen-bond donors (Lipinski definition) is 2. The molecule has 2 N–H and O–H groups in total. The Bertz CT molecular complexity index is 655. The molecular weight excluding hydrogens is 266 g/mol. The number of phenols is 1. The Kier molecular flexibility index (Phi) is 4.05. The summed E-state index contributed by atoms with van der Waals surface area (Å²) in [6, 6.07) is 8.57. The van der Waals surface area contributed by atoms with E-state index < -0.39 is 17.5 Å². The Balaban J connectivity index is 2.02. The minimum absolute atomic E-state index is 0.0402. The number of halogens is 2. The number of hydrogen-bond acceptors (Lipinski definition) is 3. The summed E-state index contributed by atoms with van der Waals surface area (Å²) in [5.74, 6) is -1.93. The molecule has 1 amide bonds. The molecule has 6 heteroatoms. The summed E-state index contributed by atoms with van der Waals surface area (Å²) in [5, 5.41) is 12.7. The van der Waals surface area contributed by atoms with Crippen LogP contribution in [0.1, 0.15) is 15.9 Å². The normalized spacial score (nSPS) is 10.7. The fourth-order valence-corrected chi connectivity index (χ4v) is 1.44. The van der Waals surface area contributed by atoms with Gasteiger partial charge >= 0.3 is 0 Å². The van der Waals surface area contributed by atoms with E-state index in [-0.39, 0.29) is 11.3 Å². The largest absolute Gasteiger partial charge is 0.508 e. The molecule has 0 radical (unpaired) electrons. The van der Waals surface area contributed by atoms with Crippen molar-refractivity contribution in [3.05, 3.63) is 65.2 Å². The molecule has 0 atom stereocenters. The van der Waals surface area contributed by atoms with Gasteiger partial charge in [0, 0.05) is 17.2 Å². The predicted octanol–water partition coefficient (Wildman–Crippen LogP) is 2.43. The minimum atomic E-state index is -0.771.